The Balaban J connectivity index is 1.39. The number of para-hydroxylation sites is 1. The second-order valence-corrected chi connectivity index (χ2v) is 7.98. The van der Waals surface area contributed by atoms with Gasteiger partial charge in [-0.05, 0) is 74.5 Å². The van der Waals surface area contributed by atoms with Crippen molar-refractivity contribution in [2.75, 3.05) is 5.32 Å². The number of ether oxygens (including phenoxy) is 2. The van der Waals surface area contributed by atoms with E-state index in [0.29, 0.717) is 10.7 Å². The van der Waals surface area contributed by atoms with Crippen LogP contribution in [0.5, 0.6) is 17.2 Å². The number of rotatable bonds is 7. The first-order valence-electron chi connectivity index (χ1n) is 9.94. The second kappa shape index (κ2) is 9.45. The fourth-order valence-corrected chi connectivity index (χ4v) is 3.62. The summed E-state index contributed by atoms with van der Waals surface area (Å²) in [6.45, 7) is 3.93. The van der Waals surface area contributed by atoms with E-state index in [9.17, 15) is 4.79 Å². The number of aromatic nitrogens is 1. The Morgan fingerprint density at radius 2 is 1.52 bits per heavy atom. The summed E-state index contributed by atoms with van der Waals surface area (Å²) in [6.07, 6.45) is 0.0902. The summed E-state index contributed by atoms with van der Waals surface area (Å²) in [4.78, 5) is 17.0. The minimum Gasteiger partial charge on any atom is -0.491 e. The summed E-state index contributed by atoms with van der Waals surface area (Å²) in [5, 5.41) is 5.32. The van der Waals surface area contributed by atoms with Gasteiger partial charge in [0.1, 0.15) is 17.2 Å². The zero-order chi connectivity index (χ0) is 21.6. The SMILES string of the molecule is CC(C)Oc1ccc(C(=O)Nc2nc(-c3ccc(Oc4ccccc4)cc3)cs2)cc1. The van der Waals surface area contributed by atoms with Crippen molar-refractivity contribution in [3.63, 3.8) is 0 Å². The number of hydrogen-bond donors (Lipinski definition) is 1. The number of amides is 1. The number of carbonyl (C=O) groups excluding carboxylic acids is 1. The lowest BCUT2D eigenvalue weighted by atomic mass is 10.2. The highest BCUT2D eigenvalue weighted by atomic mass is 32.1. The van der Waals surface area contributed by atoms with Gasteiger partial charge in [0, 0.05) is 16.5 Å². The summed E-state index contributed by atoms with van der Waals surface area (Å²) in [5.74, 6) is 2.08. The predicted octanol–water partition coefficient (Wildman–Crippen LogP) is 6.64. The van der Waals surface area contributed by atoms with Crippen LogP contribution in [0.1, 0.15) is 24.2 Å². The van der Waals surface area contributed by atoms with E-state index < -0.39 is 0 Å². The molecule has 4 rings (SSSR count). The Kier molecular flexibility index (Phi) is 6.29. The summed E-state index contributed by atoms with van der Waals surface area (Å²) in [6, 6.07) is 24.4. The molecule has 0 aliphatic rings. The summed E-state index contributed by atoms with van der Waals surface area (Å²) in [7, 11) is 0. The van der Waals surface area contributed by atoms with E-state index in [2.05, 4.69) is 10.3 Å². The maximum atomic E-state index is 12.5. The molecule has 4 aromatic rings. The molecule has 1 aromatic heterocycles. The van der Waals surface area contributed by atoms with E-state index >= 15 is 0 Å². The molecule has 0 atom stereocenters. The van der Waals surface area contributed by atoms with E-state index in [1.807, 2.05) is 73.8 Å². The molecule has 3 aromatic carbocycles. The maximum Gasteiger partial charge on any atom is 0.257 e. The predicted molar refractivity (Wildman–Crippen MR) is 124 cm³/mol. The van der Waals surface area contributed by atoms with Gasteiger partial charge in [-0.1, -0.05) is 18.2 Å². The van der Waals surface area contributed by atoms with Crippen LogP contribution in [0.15, 0.2) is 84.2 Å². The van der Waals surface area contributed by atoms with Crippen LogP contribution in [0.3, 0.4) is 0 Å². The van der Waals surface area contributed by atoms with Crippen molar-refractivity contribution in [2.45, 2.75) is 20.0 Å². The summed E-state index contributed by atoms with van der Waals surface area (Å²) in [5.41, 5.74) is 2.30. The maximum absolute atomic E-state index is 12.5. The van der Waals surface area contributed by atoms with E-state index in [4.69, 9.17) is 9.47 Å². The third-order valence-corrected chi connectivity index (χ3v) is 5.10. The number of nitrogens with one attached hydrogen (secondary N) is 1. The van der Waals surface area contributed by atoms with Gasteiger partial charge in [-0.3, -0.25) is 10.1 Å². The number of nitrogens with zero attached hydrogens (tertiary/aromatic N) is 1. The zero-order valence-electron chi connectivity index (χ0n) is 17.2. The van der Waals surface area contributed by atoms with Gasteiger partial charge < -0.3 is 9.47 Å². The van der Waals surface area contributed by atoms with E-state index in [-0.39, 0.29) is 12.0 Å². The summed E-state index contributed by atoms with van der Waals surface area (Å²) >= 11 is 1.39. The van der Waals surface area contributed by atoms with Gasteiger partial charge in [-0.25, -0.2) is 4.98 Å². The Morgan fingerprint density at radius 1 is 0.871 bits per heavy atom. The largest absolute Gasteiger partial charge is 0.491 e. The Bertz CT molecular complexity index is 1140. The molecular weight excluding hydrogens is 408 g/mol. The van der Waals surface area contributed by atoms with E-state index in [1.54, 1.807) is 24.3 Å². The Labute approximate surface area is 185 Å². The van der Waals surface area contributed by atoms with Crippen LogP contribution in [-0.4, -0.2) is 17.0 Å². The molecule has 0 aliphatic heterocycles. The highest BCUT2D eigenvalue weighted by Gasteiger charge is 2.11. The average molecular weight is 431 g/mol. The van der Waals surface area contributed by atoms with Gasteiger partial charge in [0.15, 0.2) is 5.13 Å². The molecule has 0 radical (unpaired) electrons. The smallest absolute Gasteiger partial charge is 0.257 e. The Morgan fingerprint density at radius 3 is 2.19 bits per heavy atom. The van der Waals surface area contributed by atoms with Crippen LogP contribution in [-0.2, 0) is 0 Å². The van der Waals surface area contributed by atoms with Crippen LogP contribution in [0, 0.1) is 0 Å². The first-order chi connectivity index (χ1) is 15.1. The third-order valence-electron chi connectivity index (χ3n) is 4.34. The van der Waals surface area contributed by atoms with Gasteiger partial charge in [0.05, 0.1) is 11.8 Å². The van der Waals surface area contributed by atoms with E-state index in [0.717, 1.165) is 28.5 Å². The molecule has 6 heteroatoms. The van der Waals surface area contributed by atoms with Crippen LogP contribution < -0.4 is 14.8 Å². The molecule has 0 saturated carbocycles. The van der Waals surface area contributed by atoms with Gasteiger partial charge in [-0.15, -0.1) is 11.3 Å². The zero-order valence-corrected chi connectivity index (χ0v) is 18.1. The lowest BCUT2D eigenvalue weighted by molar-refractivity contribution is 0.102. The van der Waals surface area contributed by atoms with Gasteiger partial charge >= 0.3 is 0 Å². The van der Waals surface area contributed by atoms with Crippen molar-refractivity contribution in [1.29, 1.82) is 0 Å². The fourth-order valence-electron chi connectivity index (χ4n) is 2.91. The van der Waals surface area contributed by atoms with Crippen molar-refractivity contribution in [3.8, 4) is 28.5 Å². The topological polar surface area (TPSA) is 60.5 Å². The molecule has 0 spiro atoms. The minimum atomic E-state index is -0.205. The molecule has 31 heavy (non-hydrogen) atoms. The molecule has 1 amide bonds. The number of thiazole rings is 1. The average Bonchev–Trinajstić information content (AvgIpc) is 3.23. The first-order valence-corrected chi connectivity index (χ1v) is 10.8. The van der Waals surface area contributed by atoms with Crippen LogP contribution in [0.2, 0.25) is 0 Å². The van der Waals surface area contributed by atoms with Gasteiger partial charge in [0.25, 0.3) is 5.91 Å². The molecule has 0 unspecified atom stereocenters. The lowest BCUT2D eigenvalue weighted by Crippen LogP contribution is -2.12. The monoisotopic (exact) mass is 430 g/mol. The quantitative estimate of drug-likeness (QED) is 0.357. The normalized spacial score (nSPS) is 10.7. The van der Waals surface area contributed by atoms with Crippen molar-refractivity contribution < 1.29 is 14.3 Å². The van der Waals surface area contributed by atoms with Crippen molar-refractivity contribution in [2.24, 2.45) is 0 Å². The number of benzene rings is 3. The molecule has 5 nitrogen and oxygen atoms in total. The second-order valence-electron chi connectivity index (χ2n) is 7.12. The van der Waals surface area contributed by atoms with Gasteiger partial charge in [-0.2, -0.15) is 0 Å². The molecule has 156 valence electrons. The minimum absolute atomic E-state index is 0.0902. The molecule has 0 bridgehead atoms. The number of hydrogen-bond acceptors (Lipinski definition) is 5. The molecule has 1 N–H and O–H groups in total. The van der Waals surface area contributed by atoms with Crippen LogP contribution in [0.25, 0.3) is 11.3 Å². The van der Waals surface area contributed by atoms with Crippen LogP contribution in [0.4, 0.5) is 5.13 Å². The third kappa shape index (κ3) is 5.49. The fraction of sp³-hybridized carbons (Fsp3) is 0.120. The van der Waals surface area contributed by atoms with Gasteiger partial charge in [0.2, 0.25) is 0 Å². The van der Waals surface area contributed by atoms with Crippen molar-refractivity contribution in [3.05, 3.63) is 89.8 Å². The van der Waals surface area contributed by atoms with E-state index in [1.165, 1.54) is 11.3 Å². The highest BCUT2D eigenvalue weighted by Crippen LogP contribution is 2.28. The van der Waals surface area contributed by atoms with Crippen molar-refractivity contribution in [1.82, 2.24) is 4.98 Å². The highest BCUT2D eigenvalue weighted by molar-refractivity contribution is 7.14. The molecule has 0 aliphatic carbocycles. The standard InChI is InChI=1S/C25H22N2O3S/c1-17(2)29-21-14-10-19(11-15-21)24(28)27-25-26-23(16-31-25)18-8-12-22(13-9-18)30-20-6-4-3-5-7-20/h3-17H,1-2H3,(H,26,27,28). The summed E-state index contributed by atoms with van der Waals surface area (Å²) < 4.78 is 11.4. The molecule has 1 heterocycles. The molecular formula is C25H22N2O3S. The first kappa shape index (κ1) is 20.6. The Hall–Kier alpha value is -3.64. The lowest BCUT2D eigenvalue weighted by Gasteiger charge is -2.09. The van der Waals surface area contributed by atoms with Crippen LogP contribution >= 0.6 is 11.3 Å². The van der Waals surface area contributed by atoms with Crippen molar-refractivity contribution >= 4 is 22.4 Å². The molecule has 0 fully saturated rings. The number of carbonyl (C=O) groups is 1. The number of anilines is 1. The molecule has 0 saturated heterocycles.